The van der Waals surface area contributed by atoms with E-state index in [0.717, 1.165) is 6.42 Å². The van der Waals surface area contributed by atoms with Crippen LogP contribution in [0.3, 0.4) is 0 Å². The minimum Gasteiger partial charge on any atom is -0.389 e. The van der Waals surface area contributed by atoms with E-state index in [0.29, 0.717) is 5.92 Å². The Balaban J connectivity index is 2.42. The highest BCUT2D eigenvalue weighted by Gasteiger charge is 2.44. The van der Waals surface area contributed by atoms with E-state index in [9.17, 15) is 4.39 Å². The number of rotatable bonds is 2. The number of aliphatic hydroxyl groups is 1. The van der Waals surface area contributed by atoms with E-state index >= 15 is 0 Å². The maximum absolute atomic E-state index is 12.4. The van der Waals surface area contributed by atoms with Crippen molar-refractivity contribution >= 4 is 0 Å². The first-order valence-corrected chi connectivity index (χ1v) is 3.53. The quantitative estimate of drug-likeness (QED) is 0.627. The first-order valence-electron chi connectivity index (χ1n) is 3.53. The molecule has 10 heavy (non-hydrogen) atoms. The molecule has 1 saturated carbocycles. The van der Waals surface area contributed by atoms with E-state index in [2.05, 4.69) is 13.8 Å². The molecule has 1 aliphatic carbocycles. The van der Waals surface area contributed by atoms with Crippen LogP contribution in [0.2, 0.25) is 0 Å². The molecule has 1 nitrogen and oxygen atoms in total. The summed E-state index contributed by atoms with van der Waals surface area (Å²) in [5.74, 6) is -0.0461. The number of halogens is 1. The second kappa shape index (κ2) is 2.35. The summed E-state index contributed by atoms with van der Waals surface area (Å²) in [4.78, 5) is 0. The smallest absolute Gasteiger partial charge is 0.122 e. The van der Waals surface area contributed by atoms with Crippen LogP contribution in [0, 0.1) is 11.3 Å². The van der Waals surface area contributed by atoms with Crippen molar-refractivity contribution in [2.45, 2.75) is 20.3 Å². The molecule has 0 aliphatic heterocycles. The monoisotopic (exact) mass is 144 g/mol. The summed E-state index contributed by atoms with van der Waals surface area (Å²) in [7, 11) is 0. The Hall–Kier alpha value is -0.370. The molecule has 0 amide bonds. The Morgan fingerprint density at radius 3 is 2.60 bits per heavy atom. The fourth-order valence-corrected chi connectivity index (χ4v) is 1.06. The molecular weight excluding hydrogens is 131 g/mol. The fraction of sp³-hybridized carbons (Fsp3) is 0.750. The molecule has 2 heteroatoms. The highest BCUT2D eigenvalue weighted by atomic mass is 19.1. The number of aliphatic hydroxyl groups excluding tert-OH is 1. The summed E-state index contributed by atoms with van der Waals surface area (Å²) in [5.41, 5.74) is 0.270. The van der Waals surface area contributed by atoms with Gasteiger partial charge in [-0.15, -0.1) is 0 Å². The van der Waals surface area contributed by atoms with Crippen molar-refractivity contribution in [1.29, 1.82) is 0 Å². The predicted molar refractivity (Wildman–Crippen MR) is 38.2 cm³/mol. The van der Waals surface area contributed by atoms with E-state index in [1.165, 1.54) is 6.08 Å². The lowest BCUT2D eigenvalue weighted by atomic mass is 10.1. The van der Waals surface area contributed by atoms with Crippen molar-refractivity contribution in [1.82, 2.24) is 0 Å². The molecule has 1 atom stereocenters. The van der Waals surface area contributed by atoms with E-state index in [-0.39, 0.29) is 5.41 Å². The Bertz CT molecular complexity index is 161. The summed E-state index contributed by atoms with van der Waals surface area (Å²) in [6, 6.07) is 0. The molecule has 1 N–H and O–H groups in total. The van der Waals surface area contributed by atoms with Crippen molar-refractivity contribution in [2.24, 2.45) is 11.3 Å². The SMILES string of the molecule is CC1(C)CC1/C=C(\F)CO. The molecule has 0 aromatic carbocycles. The zero-order valence-corrected chi connectivity index (χ0v) is 6.39. The third-order valence-electron chi connectivity index (χ3n) is 2.12. The molecular formula is C8H13FO. The lowest BCUT2D eigenvalue weighted by Gasteiger charge is -1.96. The average molecular weight is 144 g/mol. The molecule has 0 spiro atoms. The van der Waals surface area contributed by atoms with Crippen molar-refractivity contribution in [3.05, 3.63) is 11.9 Å². The summed E-state index contributed by atoms with van der Waals surface area (Å²) in [6.07, 6.45) is 2.57. The van der Waals surface area contributed by atoms with Crippen molar-refractivity contribution < 1.29 is 9.50 Å². The molecule has 0 aromatic rings. The molecule has 1 unspecified atom stereocenters. The maximum atomic E-state index is 12.4. The van der Waals surface area contributed by atoms with Crippen LogP contribution in [-0.2, 0) is 0 Å². The van der Waals surface area contributed by atoms with Crippen LogP contribution in [0.4, 0.5) is 4.39 Å². The topological polar surface area (TPSA) is 20.2 Å². The number of hydrogen-bond acceptors (Lipinski definition) is 1. The molecule has 1 aliphatic rings. The summed E-state index contributed by atoms with van der Waals surface area (Å²) >= 11 is 0. The molecule has 58 valence electrons. The van der Waals surface area contributed by atoms with Crippen LogP contribution in [0.25, 0.3) is 0 Å². The zero-order valence-electron chi connectivity index (χ0n) is 6.39. The van der Waals surface area contributed by atoms with Gasteiger partial charge in [-0.2, -0.15) is 0 Å². The van der Waals surface area contributed by atoms with Gasteiger partial charge in [-0.25, -0.2) is 4.39 Å². The minimum atomic E-state index is -0.452. The third-order valence-corrected chi connectivity index (χ3v) is 2.12. The highest BCUT2D eigenvalue weighted by Crippen LogP contribution is 2.52. The molecule has 0 saturated heterocycles. The van der Waals surface area contributed by atoms with Gasteiger partial charge >= 0.3 is 0 Å². The van der Waals surface area contributed by atoms with E-state index in [4.69, 9.17) is 5.11 Å². The molecule has 0 bridgehead atoms. The van der Waals surface area contributed by atoms with Gasteiger partial charge in [-0.05, 0) is 23.8 Å². The van der Waals surface area contributed by atoms with Gasteiger partial charge < -0.3 is 5.11 Å². The van der Waals surface area contributed by atoms with Gasteiger partial charge in [-0.3, -0.25) is 0 Å². The van der Waals surface area contributed by atoms with Crippen LogP contribution in [0.1, 0.15) is 20.3 Å². The van der Waals surface area contributed by atoms with Crippen LogP contribution in [0.5, 0.6) is 0 Å². The van der Waals surface area contributed by atoms with Gasteiger partial charge in [0.25, 0.3) is 0 Å². The molecule has 0 heterocycles. The Morgan fingerprint density at radius 1 is 1.80 bits per heavy atom. The fourth-order valence-electron chi connectivity index (χ4n) is 1.06. The lowest BCUT2D eigenvalue weighted by molar-refractivity contribution is 0.296. The van der Waals surface area contributed by atoms with E-state index in [1.54, 1.807) is 0 Å². The van der Waals surface area contributed by atoms with Gasteiger partial charge in [-0.1, -0.05) is 13.8 Å². The lowest BCUT2D eigenvalue weighted by Crippen LogP contribution is -1.89. The first kappa shape index (κ1) is 7.73. The molecule has 1 rings (SSSR count). The predicted octanol–water partition coefficient (Wildman–Crippen LogP) is 1.88. The van der Waals surface area contributed by atoms with Crippen molar-refractivity contribution in [3.8, 4) is 0 Å². The van der Waals surface area contributed by atoms with E-state index < -0.39 is 12.4 Å². The standard InChI is InChI=1S/C8H13FO/c1-8(2)4-6(8)3-7(9)5-10/h3,6,10H,4-5H2,1-2H3/b7-3-. The van der Waals surface area contributed by atoms with Crippen molar-refractivity contribution in [2.75, 3.05) is 6.61 Å². The number of allylic oxidation sites excluding steroid dienone is 1. The highest BCUT2D eigenvalue weighted by molar-refractivity contribution is 5.10. The van der Waals surface area contributed by atoms with Gasteiger partial charge in [0.2, 0.25) is 0 Å². The van der Waals surface area contributed by atoms with Crippen molar-refractivity contribution in [3.63, 3.8) is 0 Å². The summed E-state index contributed by atoms with van der Waals surface area (Å²) in [5, 5.41) is 8.34. The van der Waals surface area contributed by atoms with Gasteiger partial charge in [0.05, 0.1) is 6.61 Å². The van der Waals surface area contributed by atoms with Gasteiger partial charge in [0, 0.05) is 0 Å². The second-order valence-corrected chi connectivity index (χ2v) is 3.57. The normalized spacial score (nSPS) is 30.4. The molecule has 0 radical (unpaired) electrons. The molecule has 0 aromatic heterocycles. The summed E-state index contributed by atoms with van der Waals surface area (Å²) in [6.45, 7) is 3.74. The van der Waals surface area contributed by atoms with Crippen LogP contribution in [-0.4, -0.2) is 11.7 Å². The Morgan fingerprint density at radius 2 is 2.30 bits per heavy atom. The second-order valence-electron chi connectivity index (χ2n) is 3.57. The zero-order chi connectivity index (χ0) is 7.78. The molecule has 1 fully saturated rings. The maximum Gasteiger partial charge on any atom is 0.122 e. The minimum absolute atomic E-state index is 0.270. The Labute approximate surface area is 60.6 Å². The largest absolute Gasteiger partial charge is 0.389 e. The van der Waals surface area contributed by atoms with Crippen LogP contribution >= 0.6 is 0 Å². The van der Waals surface area contributed by atoms with Crippen LogP contribution < -0.4 is 0 Å². The Kier molecular flexibility index (Phi) is 1.82. The third kappa shape index (κ3) is 1.57. The van der Waals surface area contributed by atoms with E-state index in [1.807, 2.05) is 0 Å². The average Bonchev–Trinajstić information content (AvgIpc) is 2.40. The van der Waals surface area contributed by atoms with Gasteiger partial charge in [0.1, 0.15) is 5.83 Å². The van der Waals surface area contributed by atoms with Gasteiger partial charge in [0.15, 0.2) is 0 Å². The number of hydrogen-bond donors (Lipinski definition) is 1. The van der Waals surface area contributed by atoms with Crippen LogP contribution in [0.15, 0.2) is 11.9 Å². The first-order chi connectivity index (χ1) is 4.56. The summed E-state index contributed by atoms with van der Waals surface area (Å²) < 4.78 is 12.4.